The van der Waals surface area contributed by atoms with Gasteiger partial charge in [-0.05, 0) is 56.4 Å². The molecule has 0 radical (unpaired) electrons. The number of rotatable bonds is 8. The number of hydrogen-bond acceptors (Lipinski definition) is 3. The van der Waals surface area contributed by atoms with E-state index in [0.717, 1.165) is 36.2 Å². The minimum Gasteiger partial charge on any atom is -0.491 e. The largest absolute Gasteiger partial charge is 0.491 e. The molecule has 1 heterocycles. The lowest BCUT2D eigenvalue weighted by Crippen LogP contribution is -2.44. The first-order valence-electron chi connectivity index (χ1n) is 10.9. The SMILES string of the molecule is Cc1ccc(NC(=O)NCC2CCCN(C(=O)CCCOc3ccc(F)cc3F)C2)cc1. The van der Waals surface area contributed by atoms with Crippen molar-refractivity contribution >= 4 is 17.6 Å². The van der Waals surface area contributed by atoms with Gasteiger partial charge in [0.05, 0.1) is 6.61 Å². The molecule has 1 aliphatic rings. The summed E-state index contributed by atoms with van der Waals surface area (Å²) in [5, 5.41) is 5.69. The number of nitrogens with one attached hydrogen (secondary N) is 2. The van der Waals surface area contributed by atoms with Crippen molar-refractivity contribution < 1.29 is 23.1 Å². The van der Waals surface area contributed by atoms with E-state index >= 15 is 0 Å². The summed E-state index contributed by atoms with van der Waals surface area (Å²) in [6.45, 7) is 3.94. The number of anilines is 1. The Kier molecular flexibility index (Phi) is 8.41. The molecule has 1 aliphatic heterocycles. The molecule has 1 unspecified atom stereocenters. The number of likely N-dealkylation sites (tertiary alicyclic amines) is 1. The number of urea groups is 1. The van der Waals surface area contributed by atoms with Crippen molar-refractivity contribution in [2.45, 2.75) is 32.6 Å². The van der Waals surface area contributed by atoms with Gasteiger partial charge >= 0.3 is 6.03 Å². The number of amides is 3. The number of aryl methyl sites for hydroxylation is 1. The fourth-order valence-corrected chi connectivity index (χ4v) is 3.66. The van der Waals surface area contributed by atoms with E-state index in [4.69, 9.17) is 4.74 Å². The zero-order chi connectivity index (χ0) is 22.9. The summed E-state index contributed by atoms with van der Waals surface area (Å²) in [4.78, 5) is 26.5. The molecule has 0 spiro atoms. The zero-order valence-electron chi connectivity index (χ0n) is 18.2. The molecule has 1 atom stereocenters. The molecular weight excluding hydrogens is 416 g/mol. The first-order chi connectivity index (χ1) is 15.4. The van der Waals surface area contributed by atoms with E-state index in [1.165, 1.54) is 6.07 Å². The lowest BCUT2D eigenvalue weighted by molar-refractivity contribution is -0.133. The summed E-state index contributed by atoms with van der Waals surface area (Å²) >= 11 is 0. The maximum atomic E-state index is 13.6. The van der Waals surface area contributed by atoms with Gasteiger partial charge in [0.25, 0.3) is 0 Å². The number of halogens is 2. The Hall–Kier alpha value is -3.16. The van der Waals surface area contributed by atoms with Crippen molar-refractivity contribution in [2.24, 2.45) is 5.92 Å². The Balaban J connectivity index is 1.35. The monoisotopic (exact) mass is 445 g/mol. The van der Waals surface area contributed by atoms with Crippen LogP contribution < -0.4 is 15.4 Å². The van der Waals surface area contributed by atoms with Gasteiger partial charge in [0.1, 0.15) is 5.82 Å². The quantitative estimate of drug-likeness (QED) is 0.588. The highest BCUT2D eigenvalue weighted by molar-refractivity contribution is 5.89. The summed E-state index contributed by atoms with van der Waals surface area (Å²) in [7, 11) is 0. The number of carbonyl (C=O) groups excluding carboxylic acids is 2. The second-order valence-electron chi connectivity index (χ2n) is 8.08. The Morgan fingerprint density at radius 1 is 1.16 bits per heavy atom. The lowest BCUT2D eigenvalue weighted by atomic mass is 9.97. The van der Waals surface area contributed by atoms with Crippen LogP contribution in [0.4, 0.5) is 19.3 Å². The van der Waals surface area contributed by atoms with Crippen LogP contribution in [0, 0.1) is 24.5 Å². The number of piperidine rings is 1. The van der Waals surface area contributed by atoms with Crippen LogP contribution in [0.1, 0.15) is 31.2 Å². The number of nitrogens with zero attached hydrogens (tertiary/aromatic N) is 1. The Bertz CT molecular complexity index is 921. The van der Waals surface area contributed by atoms with Crippen molar-refractivity contribution in [3.05, 3.63) is 59.7 Å². The fraction of sp³-hybridized carbons (Fsp3) is 0.417. The van der Waals surface area contributed by atoms with E-state index in [-0.39, 0.29) is 36.6 Å². The summed E-state index contributed by atoms with van der Waals surface area (Å²) in [6.07, 6.45) is 2.56. The van der Waals surface area contributed by atoms with E-state index in [1.54, 1.807) is 0 Å². The summed E-state index contributed by atoms with van der Waals surface area (Å²) < 4.78 is 31.8. The highest BCUT2D eigenvalue weighted by atomic mass is 19.1. The Labute approximate surface area is 186 Å². The Morgan fingerprint density at radius 3 is 2.69 bits per heavy atom. The van der Waals surface area contributed by atoms with Gasteiger partial charge in [0.15, 0.2) is 11.6 Å². The van der Waals surface area contributed by atoms with Crippen molar-refractivity contribution in [3.63, 3.8) is 0 Å². The maximum Gasteiger partial charge on any atom is 0.319 e. The predicted molar refractivity (Wildman–Crippen MR) is 119 cm³/mol. The van der Waals surface area contributed by atoms with Crippen molar-refractivity contribution in [2.75, 3.05) is 31.6 Å². The molecule has 3 rings (SSSR count). The van der Waals surface area contributed by atoms with Crippen LogP contribution in [0.5, 0.6) is 5.75 Å². The van der Waals surface area contributed by atoms with Gasteiger partial charge in [-0.2, -0.15) is 0 Å². The first-order valence-corrected chi connectivity index (χ1v) is 10.9. The van der Waals surface area contributed by atoms with Crippen LogP contribution >= 0.6 is 0 Å². The third kappa shape index (κ3) is 7.21. The second kappa shape index (κ2) is 11.5. The smallest absolute Gasteiger partial charge is 0.319 e. The molecule has 172 valence electrons. The summed E-state index contributed by atoms with van der Waals surface area (Å²) in [6, 6.07) is 10.4. The highest BCUT2D eigenvalue weighted by Gasteiger charge is 2.23. The molecule has 0 aromatic heterocycles. The van der Waals surface area contributed by atoms with Gasteiger partial charge in [-0.1, -0.05) is 17.7 Å². The van der Waals surface area contributed by atoms with E-state index in [1.807, 2.05) is 36.1 Å². The summed E-state index contributed by atoms with van der Waals surface area (Å²) in [5.74, 6) is -1.23. The molecule has 0 bridgehead atoms. The average molecular weight is 446 g/mol. The number of benzene rings is 2. The van der Waals surface area contributed by atoms with Gasteiger partial charge in [-0.25, -0.2) is 13.6 Å². The zero-order valence-corrected chi connectivity index (χ0v) is 18.2. The van der Waals surface area contributed by atoms with E-state index in [9.17, 15) is 18.4 Å². The summed E-state index contributed by atoms with van der Waals surface area (Å²) in [5.41, 5.74) is 1.85. The van der Waals surface area contributed by atoms with Crippen molar-refractivity contribution in [3.8, 4) is 5.75 Å². The van der Waals surface area contributed by atoms with E-state index in [2.05, 4.69) is 10.6 Å². The van der Waals surface area contributed by atoms with Crippen LogP contribution in [0.25, 0.3) is 0 Å². The molecule has 0 saturated carbocycles. The van der Waals surface area contributed by atoms with Crippen LogP contribution in [0.2, 0.25) is 0 Å². The number of carbonyl (C=O) groups is 2. The maximum absolute atomic E-state index is 13.6. The molecular formula is C24H29F2N3O3. The van der Waals surface area contributed by atoms with Gasteiger partial charge in [-0.15, -0.1) is 0 Å². The van der Waals surface area contributed by atoms with E-state index in [0.29, 0.717) is 26.1 Å². The van der Waals surface area contributed by atoms with Crippen LogP contribution in [0.3, 0.4) is 0 Å². The standard InChI is InChI=1S/C24H29F2N3O3/c1-17-6-9-20(10-7-17)28-24(31)27-15-18-4-2-12-29(16-18)23(30)5-3-13-32-22-11-8-19(25)14-21(22)26/h6-11,14,18H,2-5,12-13,15-16H2,1H3,(H2,27,28,31). The Morgan fingerprint density at radius 2 is 1.94 bits per heavy atom. The minimum absolute atomic E-state index is 0.0157. The fourth-order valence-electron chi connectivity index (χ4n) is 3.66. The molecule has 2 aromatic rings. The van der Waals surface area contributed by atoms with Gasteiger partial charge < -0.3 is 20.3 Å². The van der Waals surface area contributed by atoms with Crippen molar-refractivity contribution in [1.82, 2.24) is 10.2 Å². The third-order valence-corrected chi connectivity index (χ3v) is 5.42. The minimum atomic E-state index is -0.755. The van der Waals surface area contributed by atoms with Crippen LogP contribution in [-0.2, 0) is 4.79 Å². The van der Waals surface area contributed by atoms with Crippen LogP contribution in [-0.4, -0.2) is 43.1 Å². The predicted octanol–water partition coefficient (Wildman–Crippen LogP) is 4.49. The molecule has 0 aliphatic carbocycles. The average Bonchev–Trinajstić information content (AvgIpc) is 2.78. The normalized spacial score (nSPS) is 15.8. The van der Waals surface area contributed by atoms with Gasteiger partial charge in [0.2, 0.25) is 5.91 Å². The topological polar surface area (TPSA) is 70.7 Å². The second-order valence-corrected chi connectivity index (χ2v) is 8.08. The molecule has 1 fully saturated rings. The molecule has 2 aromatic carbocycles. The molecule has 32 heavy (non-hydrogen) atoms. The lowest BCUT2D eigenvalue weighted by Gasteiger charge is -2.33. The number of ether oxygens (including phenoxy) is 1. The van der Waals surface area contributed by atoms with Crippen molar-refractivity contribution in [1.29, 1.82) is 0 Å². The third-order valence-electron chi connectivity index (χ3n) is 5.42. The first kappa shape index (κ1) is 23.5. The molecule has 1 saturated heterocycles. The molecule has 6 nitrogen and oxygen atoms in total. The molecule has 3 amide bonds. The molecule has 8 heteroatoms. The van der Waals surface area contributed by atoms with Crippen LogP contribution in [0.15, 0.2) is 42.5 Å². The van der Waals surface area contributed by atoms with E-state index < -0.39 is 11.6 Å². The number of hydrogen-bond donors (Lipinski definition) is 2. The highest BCUT2D eigenvalue weighted by Crippen LogP contribution is 2.19. The molecule has 2 N–H and O–H groups in total. The van der Waals surface area contributed by atoms with Gasteiger partial charge in [0, 0.05) is 37.8 Å². The van der Waals surface area contributed by atoms with Gasteiger partial charge in [-0.3, -0.25) is 4.79 Å².